The Morgan fingerprint density at radius 1 is 1.36 bits per heavy atom. The van der Waals surface area contributed by atoms with Gasteiger partial charge in [-0.25, -0.2) is 9.69 Å². The number of rotatable bonds is 5. The van der Waals surface area contributed by atoms with Gasteiger partial charge in [-0.15, -0.1) is 0 Å². The van der Waals surface area contributed by atoms with E-state index in [-0.39, 0.29) is 5.91 Å². The average molecular weight is 345 g/mol. The van der Waals surface area contributed by atoms with Crippen LogP contribution in [0.5, 0.6) is 5.75 Å². The summed E-state index contributed by atoms with van der Waals surface area (Å²) in [5, 5.41) is 5.54. The lowest BCUT2D eigenvalue weighted by molar-refractivity contribution is -0.136. The summed E-state index contributed by atoms with van der Waals surface area (Å²) in [4.78, 5) is 38.6. The van der Waals surface area contributed by atoms with Crippen LogP contribution in [0.25, 0.3) is 0 Å². The van der Waals surface area contributed by atoms with Crippen LogP contribution in [-0.4, -0.2) is 40.9 Å². The summed E-state index contributed by atoms with van der Waals surface area (Å²) in [6.45, 7) is 3.97. The summed E-state index contributed by atoms with van der Waals surface area (Å²) in [7, 11) is 0. The van der Waals surface area contributed by atoms with Crippen molar-refractivity contribution < 1.29 is 19.1 Å². The zero-order valence-corrected chi connectivity index (χ0v) is 14.5. The molecule has 2 aliphatic rings. The predicted molar refractivity (Wildman–Crippen MR) is 92.3 cm³/mol. The molecule has 2 fully saturated rings. The largest absolute Gasteiger partial charge is 0.494 e. The molecule has 0 bridgehead atoms. The first-order chi connectivity index (χ1) is 12.0. The van der Waals surface area contributed by atoms with Crippen molar-refractivity contribution in [2.75, 3.05) is 11.9 Å². The molecule has 1 saturated carbocycles. The second kappa shape index (κ2) is 6.74. The van der Waals surface area contributed by atoms with E-state index in [1.807, 2.05) is 6.92 Å². The summed E-state index contributed by atoms with van der Waals surface area (Å²) in [6, 6.07) is 5.63. The molecule has 1 aliphatic carbocycles. The number of hydrogen-bond donors (Lipinski definition) is 2. The number of amides is 4. The van der Waals surface area contributed by atoms with Crippen LogP contribution >= 0.6 is 0 Å². The maximum absolute atomic E-state index is 12.7. The van der Waals surface area contributed by atoms with Crippen LogP contribution in [-0.2, 0) is 9.59 Å². The molecular weight excluding hydrogens is 322 g/mol. The molecule has 4 amide bonds. The highest BCUT2D eigenvalue weighted by Gasteiger charge is 2.54. The fourth-order valence-electron chi connectivity index (χ4n) is 3.50. The zero-order chi connectivity index (χ0) is 18.0. The van der Waals surface area contributed by atoms with Gasteiger partial charge in [-0.05, 0) is 38.8 Å². The third kappa shape index (κ3) is 3.18. The van der Waals surface area contributed by atoms with E-state index in [1.54, 1.807) is 31.2 Å². The number of carbonyl (C=O) groups excluding carboxylic acids is 3. The van der Waals surface area contributed by atoms with Gasteiger partial charge in [0.25, 0.3) is 5.91 Å². The molecule has 25 heavy (non-hydrogen) atoms. The van der Waals surface area contributed by atoms with Crippen LogP contribution in [0, 0.1) is 0 Å². The maximum atomic E-state index is 12.7. The summed E-state index contributed by atoms with van der Waals surface area (Å²) in [6.07, 6.45) is 3.09. The fourth-order valence-corrected chi connectivity index (χ4v) is 3.50. The topological polar surface area (TPSA) is 87.7 Å². The Hall–Kier alpha value is -2.57. The maximum Gasteiger partial charge on any atom is 0.325 e. The molecule has 2 N–H and O–H groups in total. The van der Waals surface area contributed by atoms with Crippen molar-refractivity contribution >= 4 is 23.5 Å². The van der Waals surface area contributed by atoms with E-state index in [0.717, 1.165) is 17.7 Å². The monoisotopic (exact) mass is 345 g/mol. The van der Waals surface area contributed by atoms with Gasteiger partial charge in [0.05, 0.1) is 6.61 Å². The molecule has 0 aromatic heterocycles. The van der Waals surface area contributed by atoms with Crippen molar-refractivity contribution in [2.45, 2.75) is 51.1 Å². The Balaban J connectivity index is 1.71. The van der Waals surface area contributed by atoms with Crippen LogP contribution in [0.3, 0.4) is 0 Å². The first kappa shape index (κ1) is 17.3. The minimum Gasteiger partial charge on any atom is -0.494 e. The molecule has 134 valence electrons. The average Bonchev–Trinajstić information content (AvgIpc) is 3.13. The summed E-state index contributed by atoms with van der Waals surface area (Å²) >= 11 is 0. The molecule has 1 aliphatic heterocycles. The SMILES string of the molecule is CCOc1cccc(NC(=O)C(C)N2C(=O)NC3(CCCC3)C2=O)c1. The van der Waals surface area contributed by atoms with E-state index >= 15 is 0 Å². The van der Waals surface area contributed by atoms with E-state index in [9.17, 15) is 14.4 Å². The highest BCUT2D eigenvalue weighted by atomic mass is 16.5. The lowest BCUT2D eigenvalue weighted by Crippen LogP contribution is -2.48. The molecule has 1 aromatic rings. The fraction of sp³-hybridized carbons (Fsp3) is 0.500. The highest BCUT2D eigenvalue weighted by Crippen LogP contribution is 2.35. The molecule has 1 spiro atoms. The summed E-state index contributed by atoms with van der Waals surface area (Å²) in [5.74, 6) is -0.0548. The molecule has 1 heterocycles. The quantitative estimate of drug-likeness (QED) is 0.802. The second-order valence-electron chi connectivity index (χ2n) is 6.52. The van der Waals surface area contributed by atoms with Gasteiger partial charge in [0.15, 0.2) is 0 Å². The number of anilines is 1. The number of imide groups is 1. The first-order valence-electron chi connectivity index (χ1n) is 8.66. The molecule has 3 rings (SSSR count). The van der Waals surface area contributed by atoms with Crippen molar-refractivity contribution in [3.8, 4) is 5.75 Å². The lowest BCUT2D eigenvalue weighted by Gasteiger charge is -2.23. The van der Waals surface area contributed by atoms with Crippen molar-refractivity contribution in [2.24, 2.45) is 0 Å². The van der Waals surface area contributed by atoms with Gasteiger partial charge in [0.1, 0.15) is 17.3 Å². The van der Waals surface area contributed by atoms with Gasteiger partial charge < -0.3 is 15.4 Å². The molecule has 1 saturated heterocycles. The van der Waals surface area contributed by atoms with Crippen LogP contribution < -0.4 is 15.4 Å². The number of carbonyl (C=O) groups is 3. The van der Waals surface area contributed by atoms with Gasteiger partial charge >= 0.3 is 6.03 Å². The van der Waals surface area contributed by atoms with Crippen LogP contribution in [0.2, 0.25) is 0 Å². The van der Waals surface area contributed by atoms with Crippen molar-refractivity contribution in [3.63, 3.8) is 0 Å². The van der Waals surface area contributed by atoms with Gasteiger partial charge in [-0.2, -0.15) is 0 Å². The minimum absolute atomic E-state index is 0.291. The Morgan fingerprint density at radius 2 is 2.08 bits per heavy atom. The van der Waals surface area contributed by atoms with E-state index in [2.05, 4.69) is 10.6 Å². The summed E-state index contributed by atoms with van der Waals surface area (Å²) < 4.78 is 5.41. The predicted octanol–water partition coefficient (Wildman–Crippen LogP) is 2.28. The zero-order valence-electron chi connectivity index (χ0n) is 14.5. The van der Waals surface area contributed by atoms with Crippen molar-refractivity contribution in [1.29, 1.82) is 0 Å². The lowest BCUT2D eigenvalue weighted by atomic mass is 9.97. The number of nitrogens with one attached hydrogen (secondary N) is 2. The number of nitrogens with zero attached hydrogens (tertiary/aromatic N) is 1. The molecule has 7 nitrogen and oxygen atoms in total. The molecular formula is C18H23N3O4. The van der Waals surface area contributed by atoms with E-state index in [0.29, 0.717) is 30.9 Å². The molecule has 1 atom stereocenters. The van der Waals surface area contributed by atoms with Gasteiger partial charge in [0, 0.05) is 11.8 Å². The third-order valence-corrected chi connectivity index (χ3v) is 4.83. The van der Waals surface area contributed by atoms with Crippen LogP contribution in [0.4, 0.5) is 10.5 Å². The standard InChI is InChI=1S/C18H23N3O4/c1-3-25-14-8-6-7-13(11-14)19-15(22)12(2)21-16(23)18(20-17(21)24)9-4-5-10-18/h6-8,11-12H,3-5,9-10H2,1-2H3,(H,19,22)(H,20,24). The minimum atomic E-state index is -0.886. The second-order valence-corrected chi connectivity index (χ2v) is 6.52. The number of hydrogen-bond acceptors (Lipinski definition) is 4. The highest BCUT2D eigenvalue weighted by molar-refractivity contribution is 6.11. The Bertz CT molecular complexity index is 697. The third-order valence-electron chi connectivity index (χ3n) is 4.83. The van der Waals surface area contributed by atoms with E-state index in [4.69, 9.17) is 4.74 Å². The Morgan fingerprint density at radius 3 is 2.76 bits per heavy atom. The van der Waals surface area contributed by atoms with Gasteiger partial charge in [-0.3, -0.25) is 9.59 Å². The first-order valence-corrected chi connectivity index (χ1v) is 8.66. The van der Waals surface area contributed by atoms with Crippen LogP contribution in [0.15, 0.2) is 24.3 Å². The van der Waals surface area contributed by atoms with Crippen molar-refractivity contribution in [1.82, 2.24) is 10.2 Å². The van der Waals surface area contributed by atoms with Gasteiger partial charge in [-0.1, -0.05) is 18.9 Å². The Labute approximate surface area is 146 Å². The molecule has 7 heteroatoms. The number of urea groups is 1. The molecule has 0 radical (unpaired) electrons. The van der Waals surface area contributed by atoms with Gasteiger partial charge in [0.2, 0.25) is 5.91 Å². The molecule has 1 aromatic carbocycles. The van der Waals surface area contributed by atoms with E-state index in [1.165, 1.54) is 0 Å². The van der Waals surface area contributed by atoms with Crippen LogP contribution in [0.1, 0.15) is 39.5 Å². The molecule has 1 unspecified atom stereocenters. The normalized spacial score (nSPS) is 19.8. The number of ether oxygens (including phenoxy) is 1. The van der Waals surface area contributed by atoms with E-state index < -0.39 is 23.5 Å². The number of benzene rings is 1. The summed E-state index contributed by atoms with van der Waals surface area (Å²) in [5.41, 5.74) is -0.244. The smallest absolute Gasteiger partial charge is 0.325 e. The Kier molecular flexibility index (Phi) is 4.65. The van der Waals surface area contributed by atoms with Crippen molar-refractivity contribution in [3.05, 3.63) is 24.3 Å².